The number of hydrogen-bond donors (Lipinski definition) is 2. The highest BCUT2D eigenvalue weighted by molar-refractivity contribution is 6.01. The quantitative estimate of drug-likeness (QED) is 0.557. The summed E-state index contributed by atoms with van der Waals surface area (Å²) in [6, 6.07) is 0. The summed E-state index contributed by atoms with van der Waals surface area (Å²) in [4.78, 5) is 33.2. The molecular weight excluding hydrogens is 375 g/mol. The molecule has 0 saturated carbocycles. The van der Waals surface area contributed by atoms with Gasteiger partial charge < -0.3 is 11.1 Å². The van der Waals surface area contributed by atoms with Crippen molar-refractivity contribution in [2.45, 2.75) is 33.1 Å². The first-order chi connectivity index (χ1) is 12.5. The van der Waals surface area contributed by atoms with Crippen molar-refractivity contribution in [1.29, 1.82) is 0 Å². The van der Waals surface area contributed by atoms with E-state index in [1.807, 2.05) is 0 Å². The van der Waals surface area contributed by atoms with Gasteiger partial charge in [0.25, 0.3) is 5.91 Å². The molecule has 27 heavy (non-hydrogen) atoms. The third kappa shape index (κ3) is 4.04. The molecule has 2 heterocycles. The van der Waals surface area contributed by atoms with E-state index in [-0.39, 0.29) is 11.4 Å². The van der Waals surface area contributed by atoms with Crippen LogP contribution in [0, 0.1) is 17.0 Å². The smallest absolute Gasteiger partial charge is 0.364 e. The van der Waals surface area contributed by atoms with E-state index in [1.165, 1.54) is 10.9 Å². The van der Waals surface area contributed by atoms with Gasteiger partial charge in [0, 0.05) is 12.7 Å². The van der Waals surface area contributed by atoms with Crippen molar-refractivity contribution in [3.63, 3.8) is 0 Å². The topological polar surface area (TPSA) is 151 Å². The van der Waals surface area contributed by atoms with E-state index in [0.29, 0.717) is 11.2 Å². The van der Waals surface area contributed by atoms with Crippen molar-refractivity contribution in [1.82, 2.24) is 19.6 Å². The van der Waals surface area contributed by atoms with Gasteiger partial charge in [-0.15, -0.1) is 0 Å². The van der Waals surface area contributed by atoms with E-state index in [4.69, 9.17) is 5.73 Å². The lowest BCUT2D eigenvalue weighted by Gasteiger charge is -2.05. The molecule has 14 heteroatoms. The van der Waals surface area contributed by atoms with Gasteiger partial charge in [-0.2, -0.15) is 23.4 Å². The molecule has 0 aliphatic carbocycles. The fraction of sp³-hybridized carbons (Fsp3) is 0.385. The molecule has 11 nitrogen and oxygen atoms in total. The fourth-order valence-corrected chi connectivity index (χ4v) is 2.28. The Labute approximate surface area is 149 Å². The van der Waals surface area contributed by atoms with Gasteiger partial charge in [0.1, 0.15) is 12.2 Å². The summed E-state index contributed by atoms with van der Waals surface area (Å²) >= 11 is 0. The predicted molar refractivity (Wildman–Crippen MR) is 83.7 cm³/mol. The standard InChI is InChI=1S/C13H14F3N7O4/c1-3-21-4-7(9(19-21)12(17)25)18-8(24)5-22-6(2)10(23(26)27)11(20-22)13(14,15)16/h4H,3,5H2,1-2H3,(H2,17,25)(H,18,24). The zero-order chi connectivity index (χ0) is 20.5. The number of anilines is 1. The number of nitrogens with two attached hydrogens (primary N) is 1. The Morgan fingerprint density at radius 3 is 2.44 bits per heavy atom. The van der Waals surface area contributed by atoms with Gasteiger partial charge in [0.05, 0.1) is 10.6 Å². The van der Waals surface area contributed by atoms with E-state index >= 15 is 0 Å². The van der Waals surface area contributed by atoms with E-state index < -0.39 is 46.5 Å². The molecule has 0 spiro atoms. The molecule has 0 atom stereocenters. The molecule has 0 aliphatic heterocycles. The van der Waals surface area contributed by atoms with Crippen LogP contribution in [0.3, 0.4) is 0 Å². The van der Waals surface area contributed by atoms with E-state index in [9.17, 15) is 32.9 Å². The van der Waals surface area contributed by atoms with E-state index in [0.717, 1.165) is 6.92 Å². The SMILES string of the molecule is CCn1cc(NC(=O)Cn2nc(C(F)(F)F)c([N+](=O)[O-])c2C)c(C(N)=O)n1. The van der Waals surface area contributed by atoms with Crippen LogP contribution in [0.1, 0.15) is 28.8 Å². The van der Waals surface area contributed by atoms with Gasteiger partial charge in [0.2, 0.25) is 11.6 Å². The van der Waals surface area contributed by atoms with Gasteiger partial charge in [-0.3, -0.25) is 29.1 Å². The van der Waals surface area contributed by atoms with Crippen LogP contribution in [0.2, 0.25) is 0 Å². The molecule has 3 N–H and O–H groups in total. The molecule has 0 fully saturated rings. The first-order valence-corrected chi connectivity index (χ1v) is 7.41. The minimum Gasteiger partial charge on any atom is -0.364 e. The number of hydrogen-bond acceptors (Lipinski definition) is 6. The van der Waals surface area contributed by atoms with Crippen molar-refractivity contribution in [2.75, 3.05) is 5.32 Å². The minimum absolute atomic E-state index is 0.0373. The van der Waals surface area contributed by atoms with Crippen LogP contribution >= 0.6 is 0 Å². The zero-order valence-electron chi connectivity index (χ0n) is 14.1. The summed E-state index contributed by atoms with van der Waals surface area (Å²) in [7, 11) is 0. The predicted octanol–water partition coefficient (Wildman–Crippen LogP) is 1.07. The lowest BCUT2D eigenvalue weighted by molar-refractivity contribution is -0.388. The van der Waals surface area contributed by atoms with Crippen molar-refractivity contribution in [3.05, 3.63) is 33.4 Å². The third-order valence-electron chi connectivity index (χ3n) is 3.51. The van der Waals surface area contributed by atoms with Crippen LogP contribution in [0.25, 0.3) is 0 Å². The Bertz CT molecular complexity index is 916. The zero-order valence-corrected chi connectivity index (χ0v) is 14.1. The first kappa shape index (κ1) is 19.9. The number of nitrogens with zero attached hydrogens (tertiary/aromatic N) is 5. The van der Waals surface area contributed by atoms with Crippen LogP contribution in [-0.4, -0.2) is 36.3 Å². The molecule has 0 radical (unpaired) electrons. The number of amides is 2. The van der Waals surface area contributed by atoms with Crippen molar-refractivity contribution in [2.24, 2.45) is 5.73 Å². The summed E-state index contributed by atoms with van der Waals surface area (Å²) in [6.45, 7) is 2.37. The number of carbonyl (C=O) groups excluding carboxylic acids is 2. The molecular formula is C13H14F3N7O4. The number of carbonyl (C=O) groups is 2. The number of aryl methyl sites for hydroxylation is 1. The summed E-state index contributed by atoms with van der Waals surface area (Å²) in [5, 5.41) is 20.2. The van der Waals surface area contributed by atoms with Crippen LogP contribution in [0.4, 0.5) is 24.5 Å². The van der Waals surface area contributed by atoms with Crippen molar-refractivity contribution >= 4 is 23.2 Å². The van der Waals surface area contributed by atoms with Crippen LogP contribution < -0.4 is 11.1 Å². The molecule has 2 aromatic rings. The number of nitro groups is 1. The Morgan fingerprint density at radius 2 is 2.00 bits per heavy atom. The summed E-state index contributed by atoms with van der Waals surface area (Å²) in [6.07, 6.45) is -3.74. The van der Waals surface area contributed by atoms with Crippen molar-refractivity contribution < 1.29 is 27.7 Å². The monoisotopic (exact) mass is 389 g/mol. The number of aromatic nitrogens is 4. The van der Waals surface area contributed by atoms with Crippen LogP contribution in [-0.2, 0) is 24.1 Å². The second-order valence-electron chi connectivity index (χ2n) is 5.35. The molecule has 0 saturated heterocycles. The highest BCUT2D eigenvalue weighted by Gasteiger charge is 2.44. The summed E-state index contributed by atoms with van der Waals surface area (Å²) in [5.41, 5.74) is 1.51. The normalized spacial score (nSPS) is 11.4. The maximum Gasteiger partial charge on any atom is 0.442 e. The minimum atomic E-state index is -5.06. The molecule has 0 aliphatic rings. The lowest BCUT2D eigenvalue weighted by Crippen LogP contribution is -2.22. The molecule has 0 unspecified atom stereocenters. The first-order valence-electron chi connectivity index (χ1n) is 7.41. The maximum atomic E-state index is 12.9. The molecule has 2 rings (SSSR count). The van der Waals surface area contributed by atoms with Gasteiger partial charge in [-0.1, -0.05) is 0 Å². The lowest BCUT2D eigenvalue weighted by atomic mass is 10.3. The van der Waals surface area contributed by atoms with Gasteiger partial charge in [-0.05, 0) is 13.8 Å². The molecule has 0 bridgehead atoms. The van der Waals surface area contributed by atoms with Crippen LogP contribution in [0.15, 0.2) is 6.20 Å². The maximum absolute atomic E-state index is 12.9. The average Bonchev–Trinajstić information content (AvgIpc) is 3.08. The number of primary amides is 1. The van der Waals surface area contributed by atoms with E-state index in [1.54, 1.807) is 6.92 Å². The summed E-state index contributed by atoms with van der Waals surface area (Å²) in [5.74, 6) is -1.79. The van der Waals surface area contributed by atoms with Crippen molar-refractivity contribution in [3.8, 4) is 0 Å². The van der Waals surface area contributed by atoms with Gasteiger partial charge in [-0.25, -0.2) is 0 Å². The number of rotatable bonds is 6. The molecule has 2 aromatic heterocycles. The average molecular weight is 389 g/mol. The molecule has 2 amide bonds. The number of alkyl halides is 3. The Kier molecular flexibility index (Phi) is 5.19. The Hall–Kier alpha value is -3.45. The second kappa shape index (κ2) is 7.05. The van der Waals surface area contributed by atoms with E-state index in [2.05, 4.69) is 15.5 Å². The third-order valence-corrected chi connectivity index (χ3v) is 3.51. The Balaban J connectivity index is 2.31. The Morgan fingerprint density at radius 1 is 1.37 bits per heavy atom. The fourth-order valence-electron chi connectivity index (χ4n) is 2.28. The van der Waals surface area contributed by atoms with Crippen LogP contribution in [0.5, 0.6) is 0 Å². The molecule has 146 valence electrons. The number of nitrogens with one attached hydrogen (secondary N) is 1. The highest BCUT2D eigenvalue weighted by Crippen LogP contribution is 2.36. The summed E-state index contributed by atoms with van der Waals surface area (Å²) < 4.78 is 40.7. The molecule has 0 aromatic carbocycles. The van der Waals surface area contributed by atoms with Gasteiger partial charge >= 0.3 is 11.9 Å². The largest absolute Gasteiger partial charge is 0.442 e. The number of halogens is 3. The highest BCUT2D eigenvalue weighted by atomic mass is 19.4. The van der Waals surface area contributed by atoms with Gasteiger partial charge in [0.15, 0.2) is 5.69 Å². The second-order valence-corrected chi connectivity index (χ2v) is 5.35.